The standard InChI is InChI=1S/2C23H27N3O3/c2*1-13-14(2)22(25-20-12-24-23(28)21(13)20)26-7-5-18(6-8-26)29-19-4-3-15-9-17(27)10-16(15)11-19/h2*3-4,11,17-18,27H,5-10,12H2,1-2H3,(H,24,28)/t2*17-/m10/s1. The van der Waals surface area contributed by atoms with Gasteiger partial charge in [-0.25, -0.2) is 9.97 Å². The molecule has 12 heteroatoms. The molecule has 6 heterocycles. The monoisotopic (exact) mass is 786 g/mol. The third-order valence-corrected chi connectivity index (χ3v) is 13.2. The minimum atomic E-state index is -0.250. The third kappa shape index (κ3) is 7.36. The summed E-state index contributed by atoms with van der Waals surface area (Å²) < 4.78 is 12.5. The third-order valence-electron chi connectivity index (χ3n) is 13.2. The number of fused-ring (bicyclic) bond motifs is 4. The van der Waals surface area contributed by atoms with Gasteiger partial charge in [0, 0.05) is 51.9 Å². The summed E-state index contributed by atoms with van der Waals surface area (Å²) >= 11 is 0. The first-order valence-corrected chi connectivity index (χ1v) is 21.0. The van der Waals surface area contributed by atoms with Crippen LogP contribution in [0.15, 0.2) is 36.4 Å². The Morgan fingerprint density at radius 1 is 0.569 bits per heavy atom. The van der Waals surface area contributed by atoms with Gasteiger partial charge in [0.05, 0.1) is 47.8 Å². The van der Waals surface area contributed by atoms with Crippen molar-refractivity contribution in [3.8, 4) is 11.5 Å². The Balaban J connectivity index is 0.000000150. The van der Waals surface area contributed by atoms with Crippen LogP contribution >= 0.6 is 0 Å². The van der Waals surface area contributed by atoms with E-state index in [1.54, 1.807) is 0 Å². The van der Waals surface area contributed by atoms with Gasteiger partial charge in [-0.2, -0.15) is 0 Å². The molecule has 12 nitrogen and oxygen atoms in total. The van der Waals surface area contributed by atoms with E-state index in [1.165, 1.54) is 22.3 Å². The second-order valence-corrected chi connectivity index (χ2v) is 17.0. The molecular formula is C46H54N6O6. The average molecular weight is 787 g/mol. The summed E-state index contributed by atoms with van der Waals surface area (Å²) in [4.78, 5) is 38.4. The lowest BCUT2D eigenvalue weighted by Gasteiger charge is -2.34. The molecule has 4 N–H and O–H groups in total. The number of aromatic nitrogens is 2. The van der Waals surface area contributed by atoms with Crippen molar-refractivity contribution in [1.82, 2.24) is 20.6 Å². The number of rotatable bonds is 6. The number of ether oxygens (including phenoxy) is 2. The lowest BCUT2D eigenvalue weighted by atomic mass is 10.0. The molecule has 2 aromatic heterocycles. The number of carbonyl (C=O) groups is 2. The van der Waals surface area contributed by atoms with Crippen LogP contribution in [0, 0.1) is 27.7 Å². The Labute approximate surface area is 340 Å². The van der Waals surface area contributed by atoms with Gasteiger partial charge < -0.3 is 40.1 Å². The van der Waals surface area contributed by atoms with Crippen molar-refractivity contribution in [3.05, 3.63) is 103 Å². The number of carbonyl (C=O) groups excluding carboxylic acids is 2. The van der Waals surface area contributed by atoms with E-state index in [-0.39, 0.29) is 36.2 Å². The molecule has 2 amide bonds. The van der Waals surface area contributed by atoms with Gasteiger partial charge in [0.1, 0.15) is 35.3 Å². The van der Waals surface area contributed by atoms with Gasteiger partial charge in [-0.3, -0.25) is 9.59 Å². The van der Waals surface area contributed by atoms with Crippen LogP contribution in [-0.2, 0) is 38.8 Å². The first-order chi connectivity index (χ1) is 28.0. The summed E-state index contributed by atoms with van der Waals surface area (Å²) in [6.45, 7) is 12.8. The Kier molecular flexibility index (Phi) is 10.3. The highest BCUT2D eigenvalue weighted by atomic mass is 16.5. The number of aliphatic hydroxyl groups excluding tert-OH is 2. The number of hydrogen-bond donors (Lipinski definition) is 4. The number of nitrogens with zero attached hydrogens (tertiary/aromatic N) is 4. The minimum Gasteiger partial charge on any atom is -0.490 e. The van der Waals surface area contributed by atoms with E-state index < -0.39 is 0 Å². The fourth-order valence-corrected chi connectivity index (χ4v) is 9.70. The summed E-state index contributed by atoms with van der Waals surface area (Å²) in [5, 5.41) is 25.4. The second kappa shape index (κ2) is 15.5. The summed E-state index contributed by atoms with van der Waals surface area (Å²) in [6, 6.07) is 12.4. The van der Waals surface area contributed by atoms with Crippen molar-refractivity contribution in [2.45, 2.75) is 117 Å². The number of amides is 2. The Hall–Kier alpha value is -5.20. The van der Waals surface area contributed by atoms with E-state index in [0.717, 1.165) is 145 Å². The number of aliphatic hydroxyl groups is 2. The van der Waals surface area contributed by atoms with Crippen LogP contribution in [-0.4, -0.2) is 82.6 Å². The fraction of sp³-hybridized carbons (Fsp3) is 0.478. The molecule has 0 spiro atoms. The number of anilines is 2. The molecule has 2 atom stereocenters. The molecule has 2 aliphatic carbocycles. The molecule has 58 heavy (non-hydrogen) atoms. The topological polar surface area (TPSA) is 149 Å². The molecule has 2 aromatic carbocycles. The Morgan fingerprint density at radius 2 is 0.948 bits per heavy atom. The van der Waals surface area contributed by atoms with E-state index in [4.69, 9.17) is 19.4 Å². The smallest absolute Gasteiger partial charge is 0.253 e. The summed E-state index contributed by atoms with van der Waals surface area (Å²) in [7, 11) is 0. The largest absolute Gasteiger partial charge is 0.490 e. The van der Waals surface area contributed by atoms with Gasteiger partial charge in [0.15, 0.2) is 0 Å². The van der Waals surface area contributed by atoms with Crippen LogP contribution in [0.4, 0.5) is 11.6 Å². The number of nitrogens with one attached hydrogen (secondary N) is 2. The number of benzene rings is 2. The van der Waals surface area contributed by atoms with Gasteiger partial charge in [0.2, 0.25) is 0 Å². The van der Waals surface area contributed by atoms with E-state index in [9.17, 15) is 19.8 Å². The summed E-state index contributed by atoms with van der Waals surface area (Å²) in [5.41, 5.74) is 12.4. The SMILES string of the molecule is Cc1c(N2CCC(Oc3ccc4c(c3)C[C@@H](O)C4)CC2)nc2c(c1C)C(=O)NC2.Cc1c(N2CCC(Oc3ccc4c(c3)C[C@H](O)C4)CC2)nc2c(c1C)C(=O)NC2. The van der Waals surface area contributed by atoms with Crippen molar-refractivity contribution in [2.24, 2.45) is 0 Å². The highest BCUT2D eigenvalue weighted by Crippen LogP contribution is 2.34. The fourth-order valence-electron chi connectivity index (χ4n) is 9.70. The molecule has 10 rings (SSSR count). The van der Waals surface area contributed by atoms with Gasteiger partial charge in [0.25, 0.3) is 11.8 Å². The minimum absolute atomic E-state index is 0.00590. The number of hydrogen-bond acceptors (Lipinski definition) is 10. The van der Waals surface area contributed by atoms with Crippen molar-refractivity contribution >= 4 is 23.5 Å². The summed E-state index contributed by atoms with van der Waals surface area (Å²) in [5.74, 6) is 3.81. The molecule has 0 bridgehead atoms. The molecule has 0 radical (unpaired) electrons. The van der Waals surface area contributed by atoms with Crippen LogP contribution < -0.4 is 29.9 Å². The maximum absolute atomic E-state index is 12.0. The number of pyridine rings is 2. The molecule has 0 saturated carbocycles. The van der Waals surface area contributed by atoms with Crippen LogP contribution in [0.5, 0.6) is 11.5 Å². The van der Waals surface area contributed by atoms with Crippen LogP contribution in [0.1, 0.15) is 102 Å². The zero-order chi connectivity index (χ0) is 40.2. The molecule has 4 aliphatic heterocycles. The van der Waals surface area contributed by atoms with E-state index >= 15 is 0 Å². The molecule has 4 aromatic rings. The molecular weight excluding hydrogens is 733 g/mol. The normalized spacial score (nSPS) is 21.1. The highest BCUT2D eigenvalue weighted by molar-refractivity contribution is 6.00. The second-order valence-electron chi connectivity index (χ2n) is 17.0. The highest BCUT2D eigenvalue weighted by Gasteiger charge is 2.31. The maximum Gasteiger partial charge on any atom is 0.253 e. The Morgan fingerprint density at radius 3 is 1.34 bits per heavy atom. The van der Waals surface area contributed by atoms with Crippen LogP contribution in [0.25, 0.3) is 0 Å². The number of piperidine rings is 2. The van der Waals surface area contributed by atoms with Crippen molar-refractivity contribution in [2.75, 3.05) is 36.0 Å². The first-order valence-electron chi connectivity index (χ1n) is 21.0. The van der Waals surface area contributed by atoms with Gasteiger partial charge in [-0.1, -0.05) is 12.1 Å². The lowest BCUT2D eigenvalue weighted by Crippen LogP contribution is -2.39. The predicted octanol–water partition coefficient (Wildman–Crippen LogP) is 4.90. The predicted molar refractivity (Wildman–Crippen MR) is 221 cm³/mol. The lowest BCUT2D eigenvalue weighted by molar-refractivity contribution is 0.0957. The van der Waals surface area contributed by atoms with Gasteiger partial charge in [-0.15, -0.1) is 0 Å². The quantitative estimate of drug-likeness (QED) is 0.213. The van der Waals surface area contributed by atoms with Crippen molar-refractivity contribution in [1.29, 1.82) is 0 Å². The van der Waals surface area contributed by atoms with Gasteiger partial charge >= 0.3 is 0 Å². The van der Waals surface area contributed by atoms with Crippen LogP contribution in [0.3, 0.4) is 0 Å². The van der Waals surface area contributed by atoms with E-state index in [0.29, 0.717) is 13.1 Å². The molecule has 2 saturated heterocycles. The Bertz CT molecular complexity index is 2120. The molecule has 2 fully saturated rings. The maximum atomic E-state index is 12.0. The summed E-state index contributed by atoms with van der Waals surface area (Å²) in [6.07, 6.45) is 6.59. The van der Waals surface area contributed by atoms with Crippen LogP contribution in [0.2, 0.25) is 0 Å². The van der Waals surface area contributed by atoms with E-state index in [1.807, 2.05) is 26.0 Å². The zero-order valence-corrected chi connectivity index (χ0v) is 34.0. The molecule has 0 unspecified atom stereocenters. The van der Waals surface area contributed by atoms with Crippen molar-refractivity contribution < 1.29 is 29.3 Å². The van der Waals surface area contributed by atoms with Gasteiger partial charge in [-0.05, 0) is 122 Å². The zero-order valence-electron chi connectivity index (χ0n) is 34.0. The molecule has 6 aliphatic rings. The van der Waals surface area contributed by atoms with Crippen molar-refractivity contribution in [3.63, 3.8) is 0 Å². The first kappa shape index (κ1) is 38.3. The van der Waals surface area contributed by atoms with E-state index in [2.05, 4.69) is 58.5 Å². The molecule has 304 valence electrons. The average Bonchev–Trinajstić information content (AvgIpc) is 3.99.